The van der Waals surface area contributed by atoms with Crippen molar-refractivity contribution in [1.82, 2.24) is 9.80 Å². The molecular formula is C30H51N3O6. The van der Waals surface area contributed by atoms with Gasteiger partial charge in [0.2, 0.25) is 11.8 Å². The number of carbonyl (C=O) groups is 5. The quantitative estimate of drug-likeness (QED) is 0.110. The highest BCUT2D eigenvalue weighted by Crippen LogP contribution is 2.18. The molecule has 0 saturated heterocycles. The van der Waals surface area contributed by atoms with Gasteiger partial charge in [-0.25, -0.2) is 4.79 Å². The minimum atomic E-state index is -1.05. The predicted molar refractivity (Wildman–Crippen MR) is 151 cm³/mol. The van der Waals surface area contributed by atoms with Gasteiger partial charge in [0.1, 0.15) is 6.04 Å². The number of imide groups is 2. The van der Waals surface area contributed by atoms with Crippen LogP contribution in [0.3, 0.4) is 0 Å². The molecule has 1 heterocycles. The lowest BCUT2D eigenvalue weighted by Gasteiger charge is -2.29. The zero-order valence-corrected chi connectivity index (χ0v) is 24.3. The van der Waals surface area contributed by atoms with Crippen molar-refractivity contribution in [2.75, 3.05) is 20.2 Å². The van der Waals surface area contributed by atoms with Crippen LogP contribution in [0.5, 0.6) is 0 Å². The SMILES string of the molecule is CCCCCCCCCCCCCCCC(=O)N(C(=O)CCN1C(=O)C=CC1=O)[C@@H](CCCCN)C(=O)OC. The normalized spacial score (nSPS) is 13.7. The van der Waals surface area contributed by atoms with Crippen molar-refractivity contribution in [1.29, 1.82) is 0 Å². The Labute approximate surface area is 234 Å². The molecule has 0 bridgehead atoms. The Morgan fingerprint density at radius 3 is 1.74 bits per heavy atom. The first kappa shape index (κ1) is 34.5. The summed E-state index contributed by atoms with van der Waals surface area (Å²) >= 11 is 0. The van der Waals surface area contributed by atoms with Crippen LogP contribution in [0.1, 0.15) is 122 Å². The van der Waals surface area contributed by atoms with E-state index in [-0.39, 0.29) is 25.8 Å². The molecule has 2 N–H and O–H groups in total. The number of methoxy groups -OCH3 is 1. The van der Waals surface area contributed by atoms with Crippen LogP contribution in [0.15, 0.2) is 12.2 Å². The molecule has 0 unspecified atom stereocenters. The number of hydrogen-bond acceptors (Lipinski definition) is 7. The minimum Gasteiger partial charge on any atom is -0.467 e. The minimum absolute atomic E-state index is 0.150. The van der Waals surface area contributed by atoms with Gasteiger partial charge in [-0.2, -0.15) is 0 Å². The molecule has 222 valence electrons. The van der Waals surface area contributed by atoms with E-state index in [1.807, 2.05) is 0 Å². The van der Waals surface area contributed by atoms with Gasteiger partial charge >= 0.3 is 5.97 Å². The molecule has 1 aliphatic rings. The summed E-state index contributed by atoms with van der Waals surface area (Å²) in [6, 6.07) is -1.05. The molecule has 0 fully saturated rings. The summed E-state index contributed by atoms with van der Waals surface area (Å²) in [5.41, 5.74) is 5.59. The van der Waals surface area contributed by atoms with E-state index in [2.05, 4.69) is 6.92 Å². The Morgan fingerprint density at radius 2 is 1.26 bits per heavy atom. The average Bonchev–Trinajstić information content (AvgIpc) is 3.25. The van der Waals surface area contributed by atoms with Gasteiger partial charge in [0.05, 0.1) is 7.11 Å². The van der Waals surface area contributed by atoms with Crippen molar-refractivity contribution >= 4 is 29.6 Å². The third kappa shape index (κ3) is 13.9. The Balaban J connectivity index is 2.55. The van der Waals surface area contributed by atoms with Crippen LogP contribution in [-0.4, -0.2) is 65.6 Å². The summed E-state index contributed by atoms with van der Waals surface area (Å²) in [5.74, 6) is -2.67. The lowest BCUT2D eigenvalue weighted by Crippen LogP contribution is -2.50. The van der Waals surface area contributed by atoms with Crippen LogP contribution >= 0.6 is 0 Å². The first-order valence-electron chi connectivity index (χ1n) is 15.0. The molecule has 1 rings (SSSR count). The maximum atomic E-state index is 13.2. The second-order valence-electron chi connectivity index (χ2n) is 10.4. The molecule has 0 aromatic rings. The van der Waals surface area contributed by atoms with Crippen molar-refractivity contribution in [3.63, 3.8) is 0 Å². The van der Waals surface area contributed by atoms with Crippen molar-refractivity contribution in [3.05, 3.63) is 12.2 Å². The van der Waals surface area contributed by atoms with E-state index in [1.165, 1.54) is 64.9 Å². The van der Waals surface area contributed by atoms with Crippen LogP contribution in [-0.2, 0) is 28.7 Å². The van der Waals surface area contributed by atoms with Crippen LogP contribution in [0, 0.1) is 0 Å². The van der Waals surface area contributed by atoms with E-state index < -0.39 is 35.6 Å². The standard InChI is InChI=1S/C30H51N3O6/c1-3-4-5-6-7-8-9-10-11-12-13-14-15-19-28(36)33(25(30(38)39-2)18-16-17-23-31)29(37)22-24-32-26(34)20-21-27(32)35/h20-21,25H,3-19,22-24,31H2,1-2H3/t25-/m0/s1. The van der Waals surface area contributed by atoms with Crippen LogP contribution in [0.2, 0.25) is 0 Å². The molecule has 4 amide bonds. The fourth-order valence-electron chi connectivity index (χ4n) is 4.85. The monoisotopic (exact) mass is 549 g/mol. The molecular weight excluding hydrogens is 498 g/mol. The zero-order chi connectivity index (χ0) is 28.9. The van der Waals surface area contributed by atoms with Crippen LogP contribution in [0.4, 0.5) is 0 Å². The van der Waals surface area contributed by atoms with Gasteiger partial charge in [-0.15, -0.1) is 0 Å². The Kier molecular flexibility index (Phi) is 18.8. The largest absolute Gasteiger partial charge is 0.467 e. The Bertz CT molecular complexity index is 780. The third-order valence-electron chi connectivity index (χ3n) is 7.20. The smallest absolute Gasteiger partial charge is 0.329 e. The van der Waals surface area contributed by atoms with E-state index in [1.54, 1.807) is 0 Å². The highest BCUT2D eigenvalue weighted by molar-refractivity contribution is 6.13. The van der Waals surface area contributed by atoms with E-state index in [0.29, 0.717) is 25.8 Å². The first-order valence-corrected chi connectivity index (χ1v) is 15.0. The lowest BCUT2D eigenvalue weighted by atomic mass is 10.0. The number of ether oxygens (including phenoxy) is 1. The zero-order valence-electron chi connectivity index (χ0n) is 24.3. The van der Waals surface area contributed by atoms with Crippen LogP contribution < -0.4 is 5.73 Å². The van der Waals surface area contributed by atoms with Crippen molar-refractivity contribution in [2.24, 2.45) is 5.73 Å². The highest BCUT2D eigenvalue weighted by atomic mass is 16.5. The summed E-state index contributed by atoms with van der Waals surface area (Å²) in [6.07, 6.45) is 19.0. The van der Waals surface area contributed by atoms with Crippen molar-refractivity contribution < 1.29 is 28.7 Å². The second kappa shape index (κ2) is 21.3. The van der Waals surface area contributed by atoms with Gasteiger partial charge in [0.25, 0.3) is 11.8 Å². The summed E-state index contributed by atoms with van der Waals surface area (Å²) in [7, 11) is 1.23. The second-order valence-corrected chi connectivity index (χ2v) is 10.4. The van der Waals surface area contributed by atoms with Gasteiger partial charge in [-0.3, -0.25) is 29.0 Å². The van der Waals surface area contributed by atoms with Gasteiger partial charge in [0, 0.05) is 31.5 Å². The number of nitrogens with zero attached hydrogens (tertiary/aromatic N) is 2. The van der Waals surface area contributed by atoms with E-state index in [4.69, 9.17) is 10.5 Å². The number of unbranched alkanes of at least 4 members (excludes halogenated alkanes) is 13. The lowest BCUT2D eigenvalue weighted by molar-refractivity contribution is -0.160. The molecule has 0 spiro atoms. The number of carbonyl (C=O) groups excluding carboxylic acids is 5. The molecule has 9 heteroatoms. The summed E-state index contributed by atoms with van der Waals surface area (Å²) < 4.78 is 4.91. The molecule has 39 heavy (non-hydrogen) atoms. The number of hydrogen-bond donors (Lipinski definition) is 1. The van der Waals surface area contributed by atoms with Gasteiger partial charge in [-0.1, -0.05) is 84.0 Å². The summed E-state index contributed by atoms with van der Waals surface area (Å²) in [6.45, 7) is 2.52. The average molecular weight is 550 g/mol. The van der Waals surface area contributed by atoms with Gasteiger partial charge in [0.15, 0.2) is 0 Å². The number of esters is 1. The third-order valence-corrected chi connectivity index (χ3v) is 7.20. The van der Waals surface area contributed by atoms with Crippen LogP contribution in [0.25, 0.3) is 0 Å². The van der Waals surface area contributed by atoms with Gasteiger partial charge in [-0.05, 0) is 32.2 Å². The maximum absolute atomic E-state index is 13.2. The fraction of sp³-hybridized carbons (Fsp3) is 0.767. The molecule has 0 aliphatic carbocycles. The molecule has 1 atom stereocenters. The fourth-order valence-corrected chi connectivity index (χ4v) is 4.85. The van der Waals surface area contributed by atoms with E-state index >= 15 is 0 Å². The summed E-state index contributed by atoms with van der Waals surface area (Å²) in [4.78, 5) is 64.6. The molecule has 0 radical (unpaired) electrons. The van der Waals surface area contributed by atoms with Gasteiger partial charge < -0.3 is 10.5 Å². The molecule has 0 aromatic heterocycles. The predicted octanol–water partition coefficient (Wildman–Crippen LogP) is 4.81. The Morgan fingerprint density at radius 1 is 0.769 bits per heavy atom. The van der Waals surface area contributed by atoms with E-state index in [0.717, 1.165) is 41.2 Å². The number of amides is 4. The first-order chi connectivity index (χ1) is 18.9. The molecule has 0 saturated carbocycles. The van der Waals surface area contributed by atoms with Crippen molar-refractivity contribution in [2.45, 2.75) is 129 Å². The van der Waals surface area contributed by atoms with Crippen molar-refractivity contribution in [3.8, 4) is 0 Å². The topological polar surface area (TPSA) is 127 Å². The molecule has 0 aromatic carbocycles. The number of nitrogens with two attached hydrogens (primary N) is 1. The number of rotatable bonds is 23. The highest BCUT2D eigenvalue weighted by Gasteiger charge is 2.35. The maximum Gasteiger partial charge on any atom is 0.329 e. The molecule has 1 aliphatic heterocycles. The summed E-state index contributed by atoms with van der Waals surface area (Å²) in [5, 5.41) is 0. The molecule has 9 nitrogen and oxygen atoms in total. The Hall–Kier alpha value is -2.55. The van der Waals surface area contributed by atoms with E-state index in [9.17, 15) is 24.0 Å².